The molecule has 1 N–H and O–H groups in total. The van der Waals surface area contributed by atoms with E-state index in [4.69, 9.17) is 37.5 Å². The smallest absolute Gasteiger partial charge is 0.372 e. The van der Waals surface area contributed by atoms with Gasteiger partial charge in [0.05, 0.1) is 29.7 Å². The molecule has 2 aliphatic rings. The summed E-state index contributed by atoms with van der Waals surface area (Å²) < 4.78 is 80.4. The SMILES string of the molecule is Fc1ccc(NC2=NOC(c3cc(Cl)c(F)c(Cl)c3)(C(F)(F)F)C2)cc1C1OCCO1. The zero-order chi connectivity index (χ0) is 22.4. The van der Waals surface area contributed by atoms with Gasteiger partial charge in [-0.25, -0.2) is 8.78 Å². The van der Waals surface area contributed by atoms with Crippen molar-refractivity contribution in [3.05, 3.63) is 63.1 Å². The van der Waals surface area contributed by atoms with Crippen LogP contribution in [0.15, 0.2) is 35.5 Å². The molecule has 0 radical (unpaired) electrons. The molecule has 166 valence electrons. The molecule has 0 saturated carbocycles. The first-order valence-corrected chi connectivity index (χ1v) is 9.63. The van der Waals surface area contributed by atoms with Crippen LogP contribution >= 0.6 is 23.2 Å². The average Bonchev–Trinajstić information content (AvgIpc) is 3.37. The van der Waals surface area contributed by atoms with E-state index >= 15 is 0 Å². The number of benzene rings is 2. The van der Waals surface area contributed by atoms with Gasteiger partial charge < -0.3 is 19.6 Å². The molecule has 0 aliphatic carbocycles. The third-order valence-electron chi connectivity index (χ3n) is 4.80. The lowest BCUT2D eigenvalue weighted by Gasteiger charge is -2.29. The monoisotopic (exact) mass is 482 g/mol. The summed E-state index contributed by atoms with van der Waals surface area (Å²) in [6, 6.07) is 5.36. The maximum Gasteiger partial charge on any atom is 0.435 e. The van der Waals surface area contributed by atoms with Crippen LogP contribution in [0.2, 0.25) is 10.0 Å². The Morgan fingerprint density at radius 3 is 2.29 bits per heavy atom. The molecule has 0 spiro atoms. The number of alkyl halides is 3. The number of nitrogens with zero attached hydrogens (tertiary/aromatic N) is 1. The lowest BCUT2D eigenvalue weighted by atomic mass is 9.89. The van der Waals surface area contributed by atoms with Gasteiger partial charge in [-0.2, -0.15) is 13.2 Å². The molecular formula is C19H13Cl2F5N2O3. The van der Waals surface area contributed by atoms with Gasteiger partial charge in [-0.05, 0) is 30.3 Å². The van der Waals surface area contributed by atoms with Crippen molar-refractivity contribution >= 4 is 34.7 Å². The van der Waals surface area contributed by atoms with Crippen LogP contribution in [-0.4, -0.2) is 25.2 Å². The van der Waals surface area contributed by atoms with Crippen molar-refractivity contribution in [1.82, 2.24) is 0 Å². The van der Waals surface area contributed by atoms with Crippen LogP contribution < -0.4 is 5.32 Å². The highest BCUT2D eigenvalue weighted by atomic mass is 35.5. The molecule has 1 saturated heterocycles. The molecular weight excluding hydrogens is 470 g/mol. The van der Waals surface area contributed by atoms with Crippen molar-refractivity contribution in [2.45, 2.75) is 24.5 Å². The first-order valence-electron chi connectivity index (χ1n) is 8.87. The van der Waals surface area contributed by atoms with E-state index in [1.54, 1.807) is 0 Å². The maximum absolute atomic E-state index is 14.1. The number of ether oxygens (including phenoxy) is 2. The molecule has 1 fully saturated rings. The second-order valence-electron chi connectivity index (χ2n) is 6.82. The quantitative estimate of drug-likeness (QED) is 0.435. The van der Waals surface area contributed by atoms with Gasteiger partial charge in [0.2, 0.25) is 0 Å². The summed E-state index contributed by atoms with van der Waals surface area (Å²) in [6.45, 7) is 0.582. The summed E-state index contributed by atoms with van der Waals surface area (Å²) in [7, 11) is 0. The fourth-order valence-electron chi connectivity index (χ4n) is 3.27. The number of rotatable bonds is 3. The Morgan fingerprint density at radius 1 is 1.03 bits per heavy atom. The van der Waals surface area contributed by atoms with E-state index < -0.39 is 51.7 Å². The van der Waals surface area contributed by atoms with Gasteiger partial charge in [0.1, 0.15) is 5.82 Å². The Hall–Kier alpha value is -2.14. The van der Waals surface area contributed by atoms with E-state index in [1.165, 1.54) is 12.1 Å². The number of amidine groups is 1. The highest BCUT2D eigenvalue weighted by Crippen LogP contribution is 2.49. The van der Waals surface area contributed by atoms with Crippen molar-refractivity contribution in [2.24, 2.45) is 5.16 Å². The molecule has 4 rings (SSSR count). The number of halogens is 7. The zero-order valence-corrected chi connectivity index (χ0v) is 16.9. The van der Waals surface area contributed by atoms with Crippen LogP contribution in [0.5, 0.6) is 0 Å². The Labute approximate surface area is 182 Å². The molecule has 1 atom stereocenters. The molecule has 0 aromatic heterocycles. The van der Waals surface area contributed by atoms with Gasteiger partial charge in [0, 0.05) is 16.8 Å². The fourth-order valence-corrected chi connectivity index (χ4v) is 3.75. The molecule has 2 aromatic rings. The van der Waals surface area contributed by atoms with E-state index in [0.717, 1.165) is 18.2 Å². The summed E-state index contributed by atoms with van der Waals surface area (Å²) in [5.41, 5.74) is -3.12. The first kappa shape index (κ1) is 22.1. The van der Waals surface area contributed by atoms with Crippen molar-refractivity contribution < 1.29 is 36.3 Å². The summed E-state index contributed by atoms with van der Waals surface area (Å²) in [5, 5.41) is 5.01. The van der Waals surface area contributed by atoms with Crippen molar-refractivity contribution in [1.29, 1.82) is 0 Å². The van der Waals surface area contributed by atoms with E-state index in [1.807, 2.05) is 0 Å². The topological polar surface area (TPSA) is 52.1 Å². The zero-order valence-electron chi connectivity index (χ0n) is 15.4. The molecule has 2 aromatic carbocycles. The minimum absolute atomic E-state index is 0.0844. The minimum atomic E-state index is -4.94. The van der Waals surface area contributed by atoms with E-state index in [2.05, 4.69) is 10.5 Å². The van der Waals surface area contributed by atoms with E-state index in [0.29, 0.717) is 13.2 Å². The Morgan fingerprint density at radius 2 is 1.68 bits per heavy atom. The molecule has 1 unspecified atom stereocenters. The van der Waals surface area contributed by atoms with Gasteiger partial charge in [-0.3, -0.25) is 0 Å². The predicted molar refractivity (Wildman–Crippen MR) is 102 cm³/mol. The molecule has 2 heterocycles. The maximum atomic E-state index is 14.1. The molecule has 0 amide bonds. The first-order chi connectivity index (χ1) is 14.6. The van der Waals surface area contributed by atoms with Crippen LogP contribution in [0.3, 0.4) is 0 Å². The van der Waals surface area contributed by atoms with E-state index in [9.17, 15) is 22.0 Å². The minimum Gasteiger partial charge on any atom is -0.372 e. The lowest BCUT2D eigenvalue weighted by molar-refractivity contribution is -0.275. The summed E-state index contributed by atoms with van der Waals surface area (Å²) >= 11 is 11.4. The Balaban J connectivity index is 1.61. The fraction of sp³-hybridized carbons (Fsp3) is 0.316. The van der Waals surface area contributed by atoms with Gasteiger partial charge in [0.25, 0.3) is 5.60 Å². The highest BCUT2D eigenvalue weighted by Gasteiger charge is 2.62. The molecule has 5 nitrogen and oxygen atoms in total. The largest absolute Gasteiger partial charge is 0.435 e. The number of anilines is 1. The normalized spacial score (nSPS) is 21.8. The van der Waals surface area contributed by atoms with Crippen LogP contribution in [-0.2, 0) is 19.9 Å². The molecule has 2 aliphatic heterocycles. The summed E-state index contributed by atoms with van der Waals surface area (Å²) in [6.07, 6.45) is -6.64. The van der Waals surface area contributed by atoms with Crippen molar-refractivity contribution in [3.8, 4) is 0 Å². The number of hydrogen-bond donors (Lipinski definition) is 1. The third kappa shape index (κ3) is 4.05. The third-order valence-corrected chi connectivity index (χ3v) is 5.35. The highest BCUT2D eigenvalue weighted by molar-refractivity contribution is 6.35. The lowest BCUT2D eigenvalue weighted by Crippen LogP contribution is -2.43. The standard InChI is InChI=1S/C19H13Cl2F5N2O3/c20-12-5-9(6-13(21)16(12)23)18(19(24,25)26)8-15(28-31-18)27-10-1-2-14(22)11(7-10)17-29-3-4-30-17/h1-2,5-7,17H,3-4,8H2,(H,27,28). The van der Waals surface area contributed by atoms with Crippen LogP contribution in [0.25, 0.3) is 0 Å². The van der Waals surface area contributed by atoms with Crippen molar-refractivity contribution in [3.63, 3.8) is 0 Å². The van der Waals surface area contributed by atoms with Gasteiger partial charge in [-0.15, -0.1) is 0 Å². The van der Waals surface area contributed by atoms with Gasteiger partial charge >= 0.3 is 6.18 Å². The number of oxime groups is 1. The molecule has 12 heteroatoms. The van der Waals surface area contributed by atoms with Crippen molar-refractivity contribution in [2.75, 3.05) is 18.5 Å². The number of hydrogen-bond acceptors (Lipinski definition) is 5. The number of nitrogens with one attached hydrogen (secondary N) is 1. The Kier molecular flexibility index (Phi) is 5.76. The van der Waals surface area contributed by atoms with Gasteiger partial charge in [-0.1, -0.05) is 28.4 Å². The Bertz CT molecular complexity index is 1020. The van der Waals surface area contributed by atoms with Crippen LogP contribution in [0, 0.1) is 11.6 Å². The average molecular weight is 483 g/mol. The molecule has 31 heavy (non-hydrogen) atoms. The summed E-state index contributed by atoms with van der Waals surface area (Å²) in [4.78, 5) is 4.82. The van der Waals surface area contributed by atoms with E-state index in [-0.39, 0.29) is 17.1 Å². The van der Waals surface area contributed by atoms with Crippen LogP contribution in [0.4, 0.5) is 27.6 Å². The second kappa shape index (κ2) is 8.09. The second-order valence-corrected chi connectivity index (χ2v) is 7.63. The predicted octanol–water partition coefficient (Wildman–Crippen LogP) is 5.92. The molecule has 0 bridgehead atoms. The summed E-state index contributed by atoms with van der Waals surface area (Å²) in [5.74, 6) is -1.83. The van der Waals surface area contributed by atoms with Gasteiger partial charge in [0.15, 0.2) is 17.9 Å². The van der Waals surface area contributed by atoms with Crippen LogP contribution in [0.1, 0.15) is 23.8 Å².